The first-order valence-electron chi connectivity index (χ1n) is 6.13. The van der Waals surface area contributed by atoms with Gasteiger partial charge in [-0.3, -0.25) is 9.78 Å². The normalized spacial score (nSPS) is 19.0. The van der Waals surface area contributed by atoms with Crippen LogP contribution >= 0.6 is 0 Å². The minimum Gasteiger partial charge on any atom is -0.476 e. The molecule has 1 fully saturated rings. The Morgan fingerprint density at radius 1 is 1.47 bits per heavy atom. The molecule has 2 rings (SSSR count). The molecule has 1 aliphatic rings. The van der Waals surface area contributed by atoms with Crippen LogP contribution in [-0.2, 0) is 4.79 Å². The van der Waals surface area contributed by atoms with Crippen molar-refractivity contribution in [3.05, 3.63) is 18.1 Å². The van der Waals surface area contributed by atoms with E-state index in [2.05, 4.69) is 15.3 Å². The molecule has 1 aromatic rings. The van der Waals surface area contributed by atoms with Crippen LogP contribution in [0, 0.1) is 5.92 Å². The van der Waals surface area contributed by atoms with Crippen molar-refractivity contribution in [1.82, 2.24) is 15.3 Å². The molecular weight excluding hydrogens is 248 g/mol. The van der Waals surface area contributed by atoms with E-state index in [4.69, 9.17) is 5.11 Å². The SMILES string of the molecule is CNC(=O)C1CCCN(c2cncc(C(=O)O)n2)C1. The Kier molecular flexibility index (Phi) is 3.94. The van der Waals surface area contributed by atoms with E-state index in [-0.39, 0.29) is 17.5 Å². The van der Waals surface area contributed by atoms with E-state index in [0.29, 0.717) is 12.4 Å². The molecule has 1 aromatic heterocycles. The van der Waals surface area contributed by atoms with E-state index < -0.39 is 5.97 Å². The maximum Gasteiger partial charge on any atom is 0.356 e. The average molecular weight is 264 g/mol. The molecule has 7 heteroatoms. The van der Waals surface area contributed by atoms with Gasteiger partial charge in [-0.05, 0) is 12.8 Å². The highest BCUT2D eigenvalue weighted by atomic mass is 16.4. The second kappa shape index (κ2) is 5.64. The molecule has 0 saturated carbocycles. The van der Waals surface area contributed by atoms with Crippen molar-refractivity contribution in [3.8, 4) is 0 Å². The zero-order valence-electron chi connectivity index (χ0n) is 10.7. The summed E-state index contributed by atoms with van der Waals surface area (Å²) in [4.78, 5) is 32.4. The number of rotatable bonds is 3. The maximum absolute atomic E-state index is 11.7. The largest absolute Gasteiger partial charge is 0.476 e. The number of nitrogens with one attached hydrogen (secondary N) is 1. The predicted molar refractivity (Wildman–Crippen MR) is 68.0 cm³/mol. The number of amides is 1. The number of piperidine rings is 1. The average Bonchev–Trinajstić information content (AvgIpc) is 2.46. The van der Waals surface area contributed by atoms with Crippen LogP contribution in [0.15, 0.2) is 12.4 Å². The molecule has 0 aliphatic carbocycles. The zero-order valence-corrected chi connectivity index (χ0v) is 10.7. The zero-order chi connectivity index (χ0) is 13.8. The Balaban J connectivity index is 2.15. The smallest absolute Gasteiger partial charge is 0.356 e. The summed E-state index contributed by atoms with van der Waals surface area (Å²) < 4.78 is 0. The van der Waals surface area contributed by atoms with Gasteiger partial charge < -0.3 is 15.3 Å². The molecule has 1 aliphatic heterocycles. The molecule has 1 saturated heterocycles. The number of aromatic carboxylic acids is 1. The van der Waals surface area contributed by atoms with Gasteiger partial charge in [-0.15, -0.1) is 0 Å². The Morgan fingerprint density at radius 3 is 2.95 bits per heavy atom. The van der Waals surface area contributed by atoms with Gasteiger partial charge in [-0.25, -0.2) is 9.78 Å². The predicted octanol–water partition coefficient (Wildman–Crippen LogP) is 0.137. The van der Waals surface area contributed by atoms with Crippen LogP contribution in [0.2, 0.25) is 0 Å². The molecular formula is C12H16N4O3. The number of nitrogens with zero attached hydrogens (tertiary/aromatic N) is 3. The molecule has 1 unspecified atom stereocenters. The number of hydrogen-bond donors (Lipinski definition) is 2. The van der Waals surface area contributed by atoms with E-state index in [1.807, 2.05) is 4.90 Å². The topological polar surface area (TPSA) is 95.4 Å². The van der Waals surface area contributed by atoms with Gasteiger partial charge in [-0.2, -0.15) is 0 Å². The van der Waals surface area contributed by atoms with Gasteiger partial charge in [0, 0.05) is 20.1 Å². The highest BCUT2D eigenvalue weighted by molar-refractivity contribution is 5.85. The maximum atomic E-state index is 11.7. The Hall–Kier alpha value is -2.18. The minimum absolute atomic E-state index is 0.00653. The lowest BCUT2D eigenvalue weighted by Gasteiger charge is -2.32. The highest BCUT2D eigenvalue weighted by Gasteiger charge is 2.26. The Bertz CT molecular complexity index is 492. The number of carboxylic acids is 1. The van der Waals surface area contributed by atoms with Gasteiger partial charge in [0.1, 0.15) is 5.82 Å². The van der Waals surface area contributed by atoms with Gasteiger partial charge in [0.25, 0.3) is 0 Å². The first-order valence-corrected chi connectivity index (χ1v) is 6.13. The summed E-state index contributed by atoms with van der Waals surface area (Å²) in [6, 6.07) is 0. The number of hydrogen-bond acceptors (Lipinski definition) is 5. The first kappa shape index (κ1) is 13.3. The molecule has 1 amide bonds. The van der Waals surface area contributed by atoms with Gasteiger partial charge in [-0.1, -0.05) is 0 Å². The van der Waals surface area contributed by atoms with Crippen LogP contribution in [0.25, 0.3) is 0 Å². The van der Waals surface area contributed by atoms with E-state index in [9.17, 15) is 9.59 Å². The lowest BCUT2D eigenvalue weighted by molar-refractivity contribution is -0.124. The third-order valence-corrected chi connectivity index (χ3v) is 3.20. The molecule has 0 spiro atoms. The lowest BCUT2D eigenvalue weighted by atomic mass is 9.97. The molecule has 0 radical (unpaired) electrons. The fraction of sp³-hybridized carbons (Fsp3) is 0.500. The number of aromatic nitrogens is 2. The van der Waals surface area contributed by atoms with Crippen LogP contribution in [-0.4, -0.2) is 47.1 Å². The summed E-state index contributed by atoms with van der Waals surface area (Å²) in [7, 11) is 1.62. The molecule has 1 atom stereocenters. The quantitative estimate of drug-likeness (QED) is 0.806. The van der Waals surface area contributed by atoms with Gasteiger partial charge >= 0.3 is 5.97 Å². The second-order valence-electron chi connectivity index (χ2n) is 4.47. The minimum atomic E-state index is -1.10. The standard InChI is InChI=1S/C12H16N4O3/c1-13-11(17)8-3-2-4-16(7-8)10-6-14-5-9(15-10)12(18)19/h5-6,8H,2-4,7H2,1H3,(H,13,17)(H,18,19). The molecule has 7 nitrogen and oxygen atoms in total. The lowest BCUT2D eigenvalue weighted by Crippen LogP contribution is -2.42. The molecule has 19 heavy (non-hydrogen) atoms. The van der Waals surface area contributed by atoms with E-state index in [1.54, 1.807) is 7.05 Å². The second-order valence-corrected chi connectivity index (χ2v) is 4.47. The van der Waals surface area contributed by atoms with Crippen molar-refractivity contribution >= 4 is 17.7 Å². The van der Waals surface area contributed by atoms with Gasteiger partial charge in [0.15, 0.2) is 5.69 Å². The molecule has 0 bridgehead atoms. The van der Waals surface area contributed by atoms with Crippen molar-refractivity contribution < 1.29 is 14.7 Å². The van der Waals surface area contributed by atoms with Crippen molar-refractivity contribution in [2.75, 3.05) is 25.0 Å². The van der Waals surface area contributed by atoms with Crippen molar-refractivity contribution in [3.63, 3.8) is 0 Å². The molecule has 2 heterocycles. The fourth-order valence-corrected chi connectivity index (χ4v) is 2.21. The van der Waals surface area contributed by atoms with Crippen molar-refractivity contribution in [2.24, 2.45) is 5.92 Å². The van der Waals surface area contributed by atoms with Crippen LogP contribution in [0.3, 0.4) is 0 Å². The number of anilines is 1. The Morgan fingerprint density at radius 2 is 2.26 bits per heavy atom. The number of carbonyl (C=O) groups is 2. The first-order chi connectivity index (χ1) is 9.11. The summed E-state index contributed by atoms with van der Waals surface area (Å²) in [5, 5.41) is 11.5. The van der Waals surface area contributed by atoms with Crippen LogP contribution in [0.5, 0.6) is 0 Å². The molecule has 2 N–H and O–H groups in total. The van der Waals surface area contributed by atoms with Crippen LogP contribution in [0.1, 0.15) is 23.3 Å². The van der Waals surface area contributed by atoms with Crippen LogP contribution < -0.4 is 10.2 Å². The fourth-order valence-electron chi connectivity index (χ4n) is 2.21. The van der Waals surface area contributed by atoms with Crippen molar-refractivity contribution in [1.29, 1.82) is 0 Å². The third-order valence-electron chi connectivity index (χ3n) is 3.20. The number of carbonyl (C=O) groups excluding carboxylic acids is 1. The molecule has 0 aromatic carbocycles. The Labute approximate surface area is 110 Å². The van der Waals surface area contributed by atoms with Gasteiger partial charge in [0.2, 0.25) is 5.91 Å². The van der Waals surface area contributed by atoms with E-state index >= 15 is 0 Å². The summed E-state index contributed by atoms with van der Waals surface area (Å²) in [5.74, 6) is -0.677. The van der Waals surface area contributed by atoms with Gasteiger partial charge in [0.05, 0.1) is 18.3 Å². The third kappa shape index (κ3) is 2.98. The van der Waals surface area contributed by atoms with E-state index in [0.717, 1.165) is 19.4 Å². The van der Waals surface area contributed by atoms with Crippen molar-refractivity contribution in [2.45, 2.75) is 12.8 Å². The summed E-state index contributed by atoms with van der Waals surface area (Å²) in [6.07, 6.45) is 4.45. The van der Waals surface area contributed by atoms with Crippen LogP contribution in [0.4, 0.5) is 5.82 Å². The summed E-state index contributed by atoms with van der Waals surface area (Å²) in [5.41, 5.74) is -0.0837. The monoisotopic (exact) mass is 264 g/mol. The molecule has 102 valence electrons. The summed E-state index contributed by atoms with van der Waals surface area (Å²) in [6.45, 7) is 1.29. The highest BCUT2D eigenvalue weighted by Crippen LogP contribution is 2.21. The van der Waals surface area contributed by atoms with E-state index in [1.165, 1.54) is 12.4 Å². The summed E-state index contributed by atoms with van der Waals surface area (Å²) >= 11 is 0. The number of carboxylic acid groups (broad SMARTS) is 1.